The summed E-state index contributed by atoms with van der Waals surface area (Å²) >= 11 is 0. The summed E-state index contributed by atoms with van der Waals surface area (Å²) in [6.45, 7) is 4.40. The van der Waals surface area contributed by atoms with Crippen molar-refractivity contribution in [2.24, 2.45) is 0 Å². The van der Waals surface area contributed by atoms with Gasteiger partial charge in [0.25, 0.3) is 5.56 Å². The molecule has 0 fully saturated rings. The zero-order chi connectivity index (χ0) is 15.4. The molecule has 1 N–H and O–H groups in total. The Morgan fingerprint density at radius 1 is 1.33 bits per heavy atom. The Balaban J connectivity index is 2.48. The first-order chi connectivity index (χ1) is 10.1. The molecule has 112 valence electrons. The molecule has 0 aliphatic rings. The third-order valence-corrected chi connectivity index (χ3v) is 3.38. The molecule has 1 unspecified atom stereocenters. The molecular weight excluding hydrogens is 270 g/mol. The van der Waals surface area contributed by atoms with E-state index >= 15 is 0 Å². The third kappa shape index (κ3) is 3.07. The van der Waals surface area contributed by atoms with Crippen LogP contribution in [-0.4, -0.2) is 22.2 Å². The molecule has 1 heterocycles. The maximum Gasteiger partial charge on any atom is 0.326 e. The molecule has 0 bridgehead atoms. The number of carboxylic acid groups (broad SMARTS) is 1. The van der Waals surface area contributed by atoms with Gasteiger partial charge in [0.05, 0.1) is 6.61 Å². The lowest BCUT2D eigenvalue weighted by molar-refractivity contribution is -0.141. The van der Waals surface area contributed by atoms with E-state index < -0.39 is 12.0 Å². The molecule has 0 aliphatic carbocycles. The second-order valence-corrected chi connectivity index (χ2v) is 4.89. The van der Waals surface area contributed by atoms with E-state index in [1.165, 1.54) is 10.8 Å². The van der Waals surface area contributed by atoms with Crippen molar-refractivity contribution in [3.63, 3.8) is 0 Å². The SMILES string of the molecule is CCCOc1ccc2c(=O)n(C(CC)C(=O)O)ccc2c1. The number of fused-ring (bicyclic) bond motifs is 1. The van der Waals surface area contributed by atoms with Crippen LogP contribution in [0.3, 0.4) is 0 Å². The number of carbonyl (C=O) groups is 1. The van der Waals surface area contributed by atoms with Crippen molar-refractivity contribution in [2.45, 2.75) is 32.7 Å². The predicted molar refractivity (Wildman–Crippen MR) is 81.0 cm³/mol. The topological polar surface area (TPSA) is 68.5 Å². The van der Waals surface area contributed by atoms with Gasteiger partial charge in [-0.25, -0.2) is 4.79 Å². The van der Waals surface area contributed by atoms with Gasteiger partial charge in [-0.05, 0) is 42.5 Å². The predicted octanol–water partition coefficient (Wildman–Crippen LogP) is 2.83. The summed E-state index contributed by atoms with van der Waals surface area (Å²) in [4.78, 5) is 23.6. The number of aliphatic carboxylic acids is 1. The first-order valence-corrected chi connectivity index (χ1v) is 7.09. The lowest BCUT2D eigenvalue weighted by Gasteiger charge is -2.14. The largest absolute Gasteiger partial charge is 0.494 e. The minimum Gasteiger partial charge on any atom is -0.494 e. The number of ether oxygens (including phenoxy) is 1. The first-order valence-electron chi connectivity index (χ1n) is 7.09. The van der Waals surface area contributed by atoms with Gasteiger partial charge in [-0.1, -0.05) is 13.8 Å². The van der Waals surface area contributed by atoms with Gasteiger partial charge in [-0.3, -0.25) is 4.79 Å². The van der Waals surface area contributed by atoms with Crippen LogP contribution < -0.4 is 10.3 Å². The van der Waals surface area contributed by atoms with Gasteiger partial charge in [-0.2, -0.15) is 0 Å². The van der Waals surface area contributed by atoms with Crippen molar-refractivity contribution in [3.05, 3.63) is 40.8 Å². The van der Waals surface area contributed by atoms with E-state index in [0.717, 1.165) is 11.8 Å². The van der Waals surface area contributed by atoms with Crippen LogP contribution in [0.2, 0.25) is 0 Å². The van der Waals surface area contributed by atoms with Gasteiger partial charge in [0.15, 0.2) is 0 Å². The molecule has 5 heteroatoms. The molecule has 2 aromatic rings. The number of hydrogen-bond donors (Lipinski definition) is 1. The van der Waals surface area contributed by atoms with E-state index in [2.05, 4.69) is 0 Å². The number of hydrogen-bond acceptors (Lipinski definition) is 3. The second kappa shape index (κ2) is 6.43. The number of aromatic nitrogens is 1. The Morgan fingerprint density at radius 3 is 2.71 bits per heavy atom. The molecule has 0 radical (unpaired) electrons. The number of nitrogens with zero attached hydrogens (tertiary/aromatic N) is 1. The summed E-state index contributed by atoms with van der Waals surface area (Å²) in [5, 5.41) is 10.4. The number of rotatable bonds is 6. The minimum absolute atomic E-state index is 0.288. The molecule has 0 saturated heterocycles. The minimum atomic E-state index is -0.998. The molecule has 2 rings (SSSR count). The lowest BCUT2D eigenvalue weighted by atomic mass is 10.1. The van der Waals surface area contributed by atoms with Gasteiger partial charge >= 0.3 is 5.97 Å². The van der Waals surface area contributed by atoms with E-state index in [9.17, 15) is 14.7 Å². The third-order valence-electron chi connectivity index (χ3n) is 3.38. The Labute approximate surface area is 122 Å². The van der Waals surface area contributed by atoms with E-state index in [4.69, 9.17) is 4.74 Å². The molecule has 0 spiro atoms. The van der Waals surface area contributed by atoms with E-state index in [-0.39, 0.29) is 5.56 Å². The normalized spacial score (nSPS) is 12.3. The Hall–Kier alpha value is -2.30. The van der Waals surface area contributed by atoms with Crippen LogP contribution in [0, 0.1) is 0 Å². The molecule has 1 atom stereocenters. The summed E-state index contributed by atoms with van der Waals surface area (Å²) < 4.78 is 6.81. The van der Waals surface area contributed by atoms with Crippen LogP contribution in [0.15, 0.2) is 35.3 Å². The maximum absolute atomic E-state index is 12.4. The van der Waals surface area contributed by atoms with E-state index in [1.54, 1.807) is 31.2 Å². The number of pyridine rings is 1. The Morgan fingerprint density at radius 2 is 2.10 bits per heavy atom. The average molecular weight is 289 g/mol. The van der Waals surface area contributed by atoms with Gasteiger partial charge in [0.1, 0.15) is 11.8 Å². The Bertz CT molecular complexity index is 705. The molecular formula is C16H19NO4. The summed E-state index contributed by atoms with van der Waals surface area (Å²) in [5.74, 6) is -0.284. The molecule has 5 nitrogen and oxygen atoms in total. The van der Waals surface area contributed by atoms with Crippen molar-refractivity contribution in [3.8, 4) is 5.75 Å². The number of benzene rings is 1. The summed E-state index contributed by atoms with van der Waals surface area (Å²) in [6.07, 6.45) is 2.81. The first kappa shape index (κ1) is 15.1. The second-order valence-electron chi connectivity index (χ2n) is 4.89. The fraction of sp³-hybridized carbons (Fsp3) is 0.375. The molecule has 0 saturated carbocycles. The standard InChI is InChI=1S/C16H19NO4/c1-3-9-21-12-5-6-13-11(10-12)7-8-17(15(13)18)14(4-2)16(19)20/h5-8,10,14H,3-4,9H2,1-2H3,(H,19,20). The van der Waals surface area contributed by atoms with Crippen molar-refractivity contribution >= 4 is 16.7 Å². The monoisotopic (exact) mass is 289 g/mol. The van der Waals surface area contributed by atoms with Gasteiger partial charge in [0.2, 0.25) is 0 Å². The molecule has 0 aliphatic heterocycles. The lowest BCUT2D eigenvalue weighted by Crippen LogP contribution is -2.29. The van der Waals surface area contributed by atoms with Crippen molar-refractivity contribution in [1.82, 2.24) is 4.57 Å². The number of carboxylic acids is 1. The van der Waals surface area contributed by atoms with Gasteiger partial charge < -0.3 is 14.4 Å². The molecule has 21 heavy (non-hydrogen) atoms. The molecule has 1 aromatic carbocycles. The highest BCUT2D eigenvalue weighted by Crippen LogP contribution is 2.20. The molecule has 1 aromatic heterocycles. The highest BCUT2D eigenvalue weighted by atomic mass is 16.5. The zero-order valence-electron chi connectivity index (χ0n) is 12.2. The van der Waals surface area contributed by atoms with Crippen LogP contribution in [0.25, 0.3) is 10.8 Å². The average Bonchev–Trinajstić information content (AvgIpc) is 2.47. The van der Waals surface area contributed by atoms with Crippen molar-refractivity contribution in [2.75, 3.05) is 6.61 Å². The van der Waals surface area contributed by atoms with Gasteiger partial charge in [-0.15, -0.1) is 0 Å². The fourth-order valence-electron chi connectivity index (χ4n) is 2.29. The van der Waals surface area contributed by atoms with Crippen LogP contribution in [0.5, 0.6) is 5.75 Å². The Kier molecular flexibility index (Phi) is 4.62. The zero-order valence-corrected chi connectivity index (χ0v) is 12.2. The van der Waals surface area contributed by atoms with Crippen LogP contribution in [0.4, 0.5) is 0 Å². The summed E-state index contributed by atoms with van der Waals surface area (Å²) in [5.41, 5.74) is -0.288. The highest BCUT2D eigenvalue weighted by Gasteiger charge is 2.19. The quantitative estimate of drug-likeness (QED) is 0.887. The van der Waals surface area contributed by atoms with Crippen LogP contribution in [-0.2, 0) is 4.79 Å². The van der Waals surface area contributed by atoms with Crippen molar-refractivity contribution < 1.29 is 14.6 Å². The maximum atomic E-state index is 12.4. The van der Waals surface area contributed by atoms with Gasteiger partial charge in [0, 0.05) is 11.6 Å². The van der Waals surface area contributed by atoms with E-state index in [1.807, 2.05) is 6.92 Å². The van der Waals surface area contributed by atoms with Crippen molar-refractivity contribution in [1.29, 1.82) is 0 Å². The molecule has 0 amide bonds. The van der Waals surface area contributed by atoms with Crippen LogP contribution in [0.1, 0.15) is 32.7 Å². The van der Waals surface area contributed by atoms with Crippen LogP contribution >= 0.6 is 0 Å². The van der Waals surface area contributed by atoms with E-state index in [0.29, 0.717) is 24.2 Å². The summed E-state index contributed by atoms with van der Waals surface area (Å²) in [6, 6.07) is 6.15. The summed E-state index contributed by atoms with van der Waals surface area (Å²) in [7, 11) is 0. The fourth-order valence-corrected chi connectivity index (χ4v) is 2.29. The highest BCUT2D eigenvalue weighted by molar-refractivity contribution is 5.83. The smallest absolute Gasteiger partial charge is 0.326 e.